The topological polar surface area (TPSA) is 87.0 Å². The minimum absolute atomic E-state index is 0.0780. The molecule has 5 heteroatoms. The minimum Gasteiger partial charge on any atom is -0.508 e. The van der Waals surface area contributed by atoms with Gasteiger partial charge in [-0.1, -0.05) is 130 Å². The van der Waals surface area contributed by atoms with Crippen LogP contribution in [0.25, 0.3) is 11.1 Å². The first kappa shape index (κ1) is 55.9. The van der Waals surface area contributed by atoms with Crippen LogP contribution in [0, 0.1) is 33.1 Å². The molecule has 0 aromatic heterocycles. The van der Waals surface area contributed by atoms with Crippen molar-refractivity contribution in [3.8, 4) is 11.5 Å². The van der Waals surface area contributed by atoms with Crippen LogP contribution >= 0.6 is 0 Å². The van der Waals surface area contributed by atoms with Gasteiger partial charge in [0, 0.05) is 10.8 Å². The number of hydrogen-bond acceptors (Lipinski definition) is 5. The van der Waals surface area contributed by atoms with Crippen molar-refractivity contribution in [3.05, 3.63) is 141 Å². The number of aryl methyl sites for hydroxylation is 4. The van der Waals surface area contributed by atoms with E-state index >= 15 is 0 Å². The molecule has 0 radical (unpaired) electrons. The van der Waals surface area contributed by atoms with Gasteiger partial charge in [0.05, 0.1) is 16.6 Å². The average Bonchev–Trinajstić information content (AvgIpc) is 3.30. The molecular weight excluding hydrogens is 813 g/mol. The molecule has 0 aliphatic rings. The van der Waals surface area contributed by atoms with Crippen LogP contribution in [0.1, 0.15) is 210 Å². The van der Waals surface area contributed by atoms with Gasteiger partial charge < -0.3 is 20.1 Å². The van der Waals surface area contributed by atoms with E-state index in [0.717, 1.165) is 62.5 Å². The predicted octanol–water partition coefficient (Wildman–Crippen LogP) is 16.2. The van der Waals surface area contributed by atoms with E-state index in [0.29, 0.717) is 24.3 Å². The number of carbonyl (C=O) groups is 1. The number of ether oxygens (including phenoxy) is 1. The highest BCUT2D eigenvalue weighted by atomic mass is 16.5. The lowest BCUT2D eigenvalue weighted by Crippen LogP contribution is -2.27. The third-order valence-corrected chi connectivity index (χ3v) is 15.1. The molecule has 0 aliphatic carbocycles. The first-order valence-corrected chi connectivity index (χ1v) is 25.2. The lowest BCUT2D eigenvalue weighted by molar-refractivity contribution is -0.143. The van der Waals surface area contributed by atoms with Crippen LogP contribution in [0.15, 0.2) is 84.9 Å². The maximum atomic E-state index is 12.4. The number of allylic oxidation sites excluding steroid dienone is 2. The first-order chi connectivity index (χ1) is 31.0. The second kappa shape index (κ2) is 23.5. The largest absolute Gasteiger partial charge is 0.508 e. The van der Waals surface area contributed by atoms with Gasteiger partial charge in [-0.2, -0.15) is 0 Å². The van der Waals surface area contributed by atoms with Crippen molar-refractivity contribution in [3.63, 3.8) is 0 Å². The standard InChI is InChI=1S/C33H48O3.C28H40O2/c1-11-25(22-32(35,12-2)13-3)28-18-16-26(20-23(28)6)33(14-4,15-5)27-17-19-29(24(7)21-27)36-30(34)31(8,9)10;1-8-22(19-27(30,9-2)10-3)25-15-13-23(17-20(25)6)28(11-4,12-5)24-14-16-26(29)21(7)18-24/h16-22,35H,11-15H2,1-10H3;13-19,29-30H,8-12H2,1-7H3/b25-22+;22-19+. The number of aliphatic hydroxyl groups is 2. The summed E-state index contributed by atoms with van der Waals surface area (Å²) in [6.45, 7) is 35.4. The van der Waals surface area contributed by atoms with Crippen molar-refractivity contribution < 1.29 is 24.9 Å². The van der Waals surface area contributed by atoms with Crippen molar-refractivity contribution in [2.75, 3.05) is 0 Å². The smallest absolute Gasteiger partial charge is 0.316 e. The molecule has 66 heavy (non-hydrogen) atoms. The van der Waals surface area contributed by atoms with Crippen LogP contribution < -0.4 is 4.74 Å². The lowest BCUT2D eigenvalue weighted by atomic mass is 9.69. The minimum atomic E-state index is -0.761. The maximum Gasteiger partial charge on any atom is 0.316 e. The Bertz CT molecular complexity index is 2280. The molecule has 4 rings (SSSR count). The molecule has 0 amide bonds. The van der Waals surface area contributed by atoms with E-state index in [9.17, 15) is 20.1 Å². The number of aromatic hydroxyl groups is 1. The summed E-state index contributed by atoms with van der Waals surface area (Å²) in [5.74, 6) is 0.756. The summed E-state index contributed by atoms with van der Waals surface area (Å²) in [7, 11) is 0. The Balaban J connectivity index is 0.000000356. The van der Waals surface area contributed by atoms with Crippen LogP contribution in [-0.2, 0) is 15.6 Å². The molecule has 362 valence electrons. The van der Waals surface area contributed by atoms with E-state index in [2.05, 4.69) is 128 Å². The number of rotatable bonds is 19. The molecule has 3 N–H and O–H groups in total. The van der Waals surface area contributed by atoms with Crippen molar-refractivity contribution >= 4 is 17.1 Å². The number of phenolic OH excluding ortho intramolecular Hbond substituents is 1. The summed E-state index contributed by atoms with van der Waals surface area (Å²) in [6, 6.07) is 25.9. The Morgan fingerprint density at radius 3 is 1.11 bits per heavy atom. The van der Waals surface area contributed by atoms with Crippen LogP contribution in [0.3, 0.4) is 0 Å². The zero-order chi connectivity index (χ0) is 49.8. The number of phenols is 1. The van der Waals surface area contributed by atoms with E-state index in [1.54, 1.807) is 0 Å². The van der Waals surface area contributed by atoms with Crippen LogP contribution in [0.2, 0.25) is 0 Å². The van der Waals surface area contributed by atoms with Crippen molar-refractivity contribution in [2.24, 2.45) is 5.41 Å². The van der Waals surface area contributed by atoms with Crippen LogP contribution in [0.4, 0.5) is 0 Å². The summed E-state index contributed by atoms with van der Waals surface area (Å²) < 4.78 is 5.72. The van der Waals surface area contributed by atoms with Gasteiger partial charge in [0.25, 0.3) is 0 Å². The molecule has 0 fully saturated rings. The monoisotopic (exact) mass is 901 g/mol. The zero-order valence-corrected chi connectivity index (χ0v) is 44.3. The van der Waals surface area contributed by atoms with E-state index in [1.807, 2.05) is 74.4 Å². The summed E-state index contributed by atoms with van der Waals surface area (Å²) >= 11 is 0. The van der Waals surface area contributed by atoms with E-state index in [1.165, 1.54) is 55.7 Å². The van der Waals surface area contributed by atoms with Gasteiger partial charge in [-0.25, -0.2) is 0 Å². The molecule has 0 aliphatic heterocycles. The normalized spacial score (nSPS) is 13.1. The molecule has 0 saturated carbocycles. The highest BCUT2D eigenvalue weighted by molar-refractivity contribution is 5.78. The highest BCUT2D eigenvalue weighted by Crippen LogP contribution is 2.44. The van der Waals surface area contributed by atoms with Crippen molar-refractivity contribution in [1.82, 2.24) is 0 Å². The SMILES string of the molecule is CC/C(=C\C(O)(CC)CC)c1ccc(C(CC)(CC)c2ccc(O)c(C)c2)cc1C.CC/C(=C\C(O)(CC)CC)c1ccc(C(CC)(CC)c2ccc(OC(=O)C(C)(C)C)c(C)c2)cc1C. The summed E-state index contributed by atoms with van der Waals surface area (Å²) in [4.78, 5) is 12.4. The highest BCUT2D eigenvalue weighted by Gasteiger charge is 2.34. The molecule has 4 aromatic rings. The third-order valence-electron chi connectivity index (χ3n) is 15.1. The third kappa shape index (κ3) is 12.5. The molecule has 0 heterocycles. The summed E-state index contributed by atoms with van der Waals surface area (Å²) in [5, 5.41) is 31.8. The molecule has 0 unspecified atom stereocenters. The zero-order valence-electron chi connectivity index (χ0n) is 44.3. The quantitative estimate of drug-likeness (QED) is 0.0645. The molecule has 0 atom stereocenters. The Labute approximate surface area is 401 Å². The van der Waals surface area contributed by atoms with Crippen LogP contribution in [0.5, 0.6) is 11.5 Å². The van der Waals surface area contributed by atoms with Gasteiger partial charge in [-0.05, 0) is 204 Å². The second-order valence-corrected chi connectivity index (χ2v) is 19.9. The predicted molar refractivity (Wildman–Crippen MR) is 282 cm³/mol. The van der Waals surface area contributed by atoms with Gasteiger partial charge in [0.15, 0.2) is 0 Å². The number of benzene rings is 4. The van der Waals surface area contributed by atoms with Gasteiger partial charge in [0.2, 0.25) is 0 Å². The average molecular weight is 901 g/mol. The number of esters is 1. The fourth-order valence-electron chi connectivity index (χ4n) is 9.67. The van der Waals surface area contributed by atoms with E-state index in [-0.39, 0.29) is 16.8 Å². The fraction of sp³-hybridized carbons (Fsp3) is 0.525. The number of hydrogen-bond donors (Lipinski definition) is 3. The molecule has 5 nitrogen and oxygen atoms in total. The molecule has 0 spiro atoms. The Morgan fingerprint density at radius 2 is 0.818 bits per heavy atom. The van der Waals surface area contributed by atoms with Gasteiger partial charge in [-0.15, -0.1) is 0 Å². The second-order valence-electron chi connectivity index (χ2n) is 19.9. The van der Waals surface area contributed by atoms with E-state index in [4.69, 9.17) is 4.74 Å². The lowest BCUT2D eigenvalue weighted by Gasteiger charge is -2.34. The Morgan fingerprint density at radius 1 is 0.485 bits per heavy atom. The first-order valence-electron chi connectivity index (χ1n) is 25.2. The summed E-state index contributed by atoms with van der Waals surface area (Å²) in [6.07, 6.45) is 12.7. The van der Waals surface area contributed by atoms with Gasteiger partial charge >= 0.3 is 5.97 Å². The molecule has 0 saturated heterocycles. The van der Waals surface area contributed by atoms with Gasteiger partial charge in [0.1, 0.15) is 11.5 Å². The van der Waals surface area contributed by atoms with E-state index < -0.39 is 16.6 Å². The Kier molecular flexibility index (Phi) is 19.9. The molecule has 0 bridgehead atoms. The molecule has 4 aromatic carbocycles. The number of carbonyl (C=O) groups excluding carboxylic acids is 1. The molecular formula is C61H88O5. The van der Waals surface area contributed by atoms with Gasteiger partial charge in [-0.3, -0.25) is 4.79 Å². The summed E-state index contributed by atoms with van der Waals surface area (Å²) in [5.41, 5.74) is 12.1. The maximum absolute atomic E-state index is 12.4. The van der Waals surface area contributed by atoms with Crippen LogP contribution in [-0.4, -0.2) is 32.5 Å². The Hall–Kier alpha value is -4.45. The van der Waals surface area contributed by atoms with Crippen molar-refractivity contribution in [2.45, 2.75) is 204 Å². The fourth-order valence-corrected chi connectivity index (χ4v) is 9.67. The van der Waals surface area contributed by atoms with Crippen molar-refractivity contribution in [1.29, 1.82) is 0 Å².